The number of amides is 1. The fourth-order valence-corrected chi connectivity index (χ4v) is 1.87. The fraction of sp³-hybridized carbons (Fsp3) is 0.625. The molecular weight excluding hydrogens is 200 g/mol. The van der Waals surface area contributed by atoms with Crippen molar-refractivity contribution in [1.82, 2.24) is 9.36 Å². The summed E-state index contributed by atoms with van der Waals surface area (Å²) in [6.07, 6.45) is 0.269. The molecule has 5 nitrogen and oxygen atoms in total. The number of carbonyl (C=O) groups excluding carboxylic acids is 1. The molecule has 0 radical (unpaired) electrons. The van der Waals surface area contributed by atoms with Gasteiger partial charge in [0.05, 0.1) is 0 Å². The van der Waals surface area contributed by atoms with Gasteiger partial charge in [0, 0.05) is 23.5 Å². The van der Waals surface area contributed by atoms with Crippen molar-refractivity contribution in [1.29, 1.82) is 0 Å². The first-order chi connectivity index (χ1) is 6.39. The van der Waals surface area contributed by atoms with Crippen molar-refractivity contribution in [2.45, 2.75) is 32.7 Å². The van der Waals surface area contributed by atoms with Gasteiger partial charge < -0.3 is 11.1 Å². The summed E-state index contributed by atoms with van der Waals surface area (Å²) in [5.74, 6) is 0.399. The molecule has 1 heterocycles. The second-order valence-electron chi connectivity index (χ2n) is 3.80. The van der Waals surface area contributed by atoms with E-state index in [1.165, 1.54) is 11.5 Å². The molecule has 1 aromatic rings. The highest BCUT2D eigenvalue weighted by atomic mass is 32.1. The summed E-state index contributed by atoms with van der Waals surface area (Å²) in [7, 11) is 0. The molecule has 0 aliphatic heterocycles. The summed E-state index contributed by atoms with van der Waals surface area (Å²) in [4.78, 5) is 14.9. The first kappa shape index (κ1) is 10.9. The molecule has 3 N–H and O–H groups in total. The predicted molar refractivity (Wildman–Crippen MR) is 56.2 cm³/mol. The number of rotatable bonds is 4. The number of aryl methyl sites for hydroxylation is 1. The third-order valence-electron chi connectivity index (χ3n) is 1.59. The summed E-state index contributed by atoms with van der Waals surface area (Å²) >= 11 is 1.28. The van der Waals surface area contributed by atoms with Crippen molar-refractivity contribution in [3.8, 4) is 0 Å². The molecule has 0 saturated carbocycles. The molecule has 1 amide bonds. The Morgan fingerprint density at radius 3 is 2.71 bits per heavy atom. The monoisotopic (exact) mass is 214 g/mol. The summed E-state index contributed by atoms with van der Waals surface area (Å²) < 4.78 is 4.03. The van der Waals surface area contributed by atoms with Crippen LogP contribution >= 0.6 is 11.5 Å². The Morgan fingerprint density at radius 1 is 1.64 bits per heavy atom. The average Bonchev–Trinajstić information content (AvgIpc) is 2.30. The topological polar surface area (TPSA) is 80.9 Å². The molecular formula is C8H14N4OS. The molecule has 0 aliphatic carbocycles. The van der Waals surface area contributed by atoms with Crippen LogP contribution in [0.3, 0.4) is 0 Å². The zero-order valence-electron chi connectivity index (χ0n) is 8.50. The van der Waals surface area contributed by atoms with E-state index in [0.717, 1.165) is 5.82 Å². The number of nitrogens with two attached hydrogens (primary N) is 1. The Hall–Kier alpha value is -1.17. The van der Waals surface area contributed by atoms with Gasteiger partial charge in [0.2, 0.25) is 11.0 Å². The van der Waals surface area contributed by atoms with E-state index >= 15 is 0 Å². The lowest BCUT2D eigenvalue weighted by Gasteiger charge is -2.23. The zero-order valence-corrected chi connectivity index (χ0v) is 9.31. The second kappa shape index (κ2) is 3.91. The SMILES string of the molecule is Cc1nsc(NC(C)(C)CC(N)=O)n1. The number of aromatic nitrogens is 2. The molecule has 0 aliphatic rings. The highest BCUT2D eigenvalue weighted by Crippen LogP contribution is 2.19. The van der Waals surface area contributed by atoms with Gasteiger partial charge in [-0.1, -0.05) is 0 Å². The quantitative estimate of drug-likeness (QED) is 0.780. The van der Waals surface area contributed by atoms with E-state index in [1.54, 1.807) is 0 Å². The number of hydrogen-bond donors (Lipinski definition) is 2. The summed E-state index contributed by atoms with van der Waals surface area (Å²) in [6, 6.07) is 0. The van der Waals surface area contributed by atoms with E-state index in [1.807, 2.05) is 20.8 Å². The van der Waals surface area contributed by atoms with E-state index in [4.69, 9.17) is 5.73 Å². The normalized spacial score (nSPS) is 11.4. The largest absolute Gasteiger partial charge is 0.370 e. The summed E-state index contributed by atoms with van der Waals surface area (Å²) in [5, 5.41) is 3.83. The number of anilines is 1. The Bertz CT molecular complexity index is 334. The van der Waals surface area contributed by atoms with Gasteiger partial charge in [0.15, 0.2) is 0 Å². The Morgan fingerprint density at radius 2 is 2.29 bits per heavy atom. The van der Waals surface area contributed by atoms with Crippen molar-refractivity contribution < 1.29 is 4.79 Å². The molecule has 6 heteroatoms. The molecule has 0 saturated heterocycles. The van der Waals surface area contributed by atoms with E-state index in [0.29, 0.717) is 5.13 Å². The minimum atomic E-state index is -0.377. The van der Waals surface area contributed by atoms with Crippen LogP contribution in [0.1, 0.15) is 26.1 Å². The molecule has 0 unspecified atom stereocenters. The van der Waals surface area contributed by atoms with Gasteiger partial charge in [-0.3, -0.25) is 4.79 Å². The van der Waals surface area contributed by atoms with Crippen LogP contribution in [0.5, 0.6) is 0 Å². The van der Waals surface area contributed by atoms with Crippen LogP contribution in [0.4, 0.5) is 5.13 Å². The second-order valence-corrected chi connectivity index (χ2v) is 4.55. The van der Waals surface area contributed by atoms with Gasteiger partial charge in [0.25, 0.3) is 0 Å². The highest BCUT2D eigenvalue weighted by molar-refractivity contribution is 7.09. The third kappa shape index (κ3) is 3.29. The first-order valence-electron chi connectivity index (χ1n) is 4.26. The van der Waals surface area contributed by atoms with Crippen molar-refractivity contribution in [3.05, 3.63) is 5.82 Å². The molecule has 0 atom stereocenters. The lowest BCUT2D eigenvalue weighted by Crippen LogP contribution is -2.35. The third-order valence-corrected chi connectivity index (χ3v) is 2.31. The molecule has 14 heavy (non-hydrogen) atoms. The van der Waals surface area contributed by atoms with E-state index in [-0.39, 0.29) is 17.9 Å². The van der Waals surface area contributed by atoms with Gasteiger partial charge in [0.1, 0.15) is 5.82 Å². The van der Waals surface area contributed by atoms with Crippen molar-refractivity contribution in [2.24, 2.45) is 5.73 Å². The van der Waals surface area contributed by atoms with Crippen LogP contribution < -0.4 is 11.1 Å². The van der Waals surface area contributed by atoms with Crippen molar-refractivity contribution in [3.63, 3.8) is 0 Å². The van der Waals surface area contributed by atoms with E-state index < -0.39 is 0 Å². The molecule has 1 aromatic heterocycles. The predicted octanol–water partition coefficient (Wildman–Crippen LogP) is 0.912. The zero-order chi connectivity index (χ0) is 10.8. The standard InChI is InChI=1S/C8H14N4OS/c1-5-10-7(14-12-5)11-8(2,3)4-6(9)13/h4H2,1-3H3,(H2,9,13)(H,10,11,12). The van der Waals surface area contributed by atoms with Crippen LogP contribution in [0.25, 0.3) is 0 Å². The first-order valence-corrected chi connectivity index (χ1v) is 5.03. The molecule has 0 spiro atoms. The van der Waals surface area contributed by atoms with Crippen molar-refractivity contribution >= 4 is 22.6 Å². The minimum Gasteiger partial charge on any atom is -0.370 e. The van der Waals surface area contributed by atoms with Crippen LogP contribution in [-0.4, -0.2) is 20.8 Å². The highest BCUT2D eigenvalue weighted by Gasteiger charge is 2.21. The number of nitrogens with zero attached hydrogens (tertiary/aromatic N) is 2. The van der Waals surface area contributed by atoms with Crippen LogP contribution in [0, 0.1) is 6.92 Å². The molecule has 0 aromatic carbocycles. The number of nitrogens with one attached hydrogen (secondary N) is 1. The van der Waals surface area contributed by atoms with Gasteiger partial charge >= 0.3 is 0 Å². The maximum Gasteiger partial charge on any atom is 0.219 e. The number of carbonyl (C=O) groups is 1. The summed E-state index contributed by atoms with van der Waals surface area (Å²) in [6.45, 7) is 5.62. The van der Waals surface area contributed by atoms with E-state index in [9.17, 15) is 4.79 Å². The number of primary amides is 1. The molecule has 0 fully saturated rings. The van der Waals surface area contributed by atoms with Gasteiger partial charge in [-0.2, -0.15) is 4.37 Å². The Labute approximate surface area is 86.9 Å². The van der Waals surface area contributed by atoms with E-state index in [2.05, 4.69) is 14.7 Å². The molecule has 1 rings (SSSR count). The average molecular weight is 214 g/mol. The lowest BCUT2D eigenvalue weighted by atomic mass is 10.0. The number of hydrogen-bond acceptors (Lipinski definition) is 5. The lowest BCUT2D eigenvalue weighted by molar-refractivity contribution is -0.118. The van der Waals surface area contributed by atoms with Gasteiger partial charge in [-0.25, -0.2) is 4.98 Å². The molecule has 78 valence electrons. The van der Waals surface area contributed by atoms with Crippen LogP contribution in [-0.2, 0) is 4.79 Å². The molecule has 0 bridgehead atoms. The van der Waals surface area contributed by atoms with Gasteiger partial charge in [-0.15, -0.1) is 0 Å². The Balaban J connectivity index is 2.63. The van der Waals surface area contributed by atoms with Crippen LogP contribution in [0.15, 0.2) is 0 Å². The van der Waals surface area contributed by atoms with Crippen molar-refractivity contribution in [2.75, 3.05) is 5.32 Å². The Kier molecular flexibility index (Phi) is 3.05. The smallest absolute Gasteiger partial charge is 0.219 e. The fourth-order valence-electron chi connectivity index (χ4n) is 1.12. The minimum absolute atomic E-state index is 0.269. The van der Waals surface area contributed by atoms with Crippen LogP contribution in [0.2, 0.25) is 0 Å². The maximum atomic E-state index is 10.8. The van der Waals surface area contributed by atoms with Gasteiger partial charge in [-0.05, 0) is 20.8 Å². The maximum absolute atomic E-state index is 10.8. The summed E-state index contributed by atoms with van der Waals surface area (Å²) in [5.41, 5.74) is 4.75.